The molecule has 3 heterocycles. The van der Waals surface area contributed by atoms with Gasteiger partial charge in [0.2, 0.25) is 0 Å². The lowest BCUT2D eigenvalue weighted by Gasteiger charge is -2.03. The summed E-state index contributed by atoms with van der Waals surface area (Å²) in [6.45, 7) is 2.02. The van der Waals surface area contributed by atoms with Gasteiger partial charge in [-0.2, -0.15) is 11.8 Å². The van der Waals surface area contributed by atoms with Gasteiger partial charge in [-0.15, -0.1) is 11.3 Å². The van der Waals surface area contributed by atoms with Crippen LogP contribution in [0.2, 0.25) is 0 Å². The number of hydrogen-bond acceptors (Lipinski definition) is 5. The Morgan fingerprint density at radius 1 is 1.41 bits per heavy atom. The topological polar surface area (TPSA) is 41.6 Å². The van der Waals surface area contributed by atoms with Gasteiger partial charge in [-0.05, 0) is 6.92 Å². The number of fused-ring (bicyclic) bond motifs is 1. The van der Waals surface area contributed by atoms with Crippen molar-refractivity contribution in [1.29, 1.82) is 0 Å². The number of nitrogens with one attached hydrogen (secondary N) is 1. The second kappa shape index (κ2) is 4.51. The van der Waals surface area contributed by atoms with E-state index in [1.165, 1.54) is 11.3 Å². The molecule has 88 valence electrons. The number of hydrogen-bond donors (Lipinski definition) is 1. The first-order valence-electron chi connectivity index (χ1n) is 5.32. The molecule has 0 saturated carbocycles. The third kappa shape index (κ3) is 2.29. The molecule has 1 aliphatic heterocycles. The number of aryl methyl sites for hydroxylation is 1. The molecule has 1 aliphatic rings. The standard InChI is InChI=1S/C11H11N3S3/c1-6-12-7(3-17-6)2-10-13-9-5-16-4-8(9)11(15)14-10/h3H,2,4-5H2,1H3,(H,13,14,15). The zero-order chi connectivity index (χ0) is 11.8. The minimum atomic E-state index is 0.742. The number of thioether (sulfide) groups is 1. The van der Waals surface area contributed by atoms with E-state index >= 15 is 0 Å². The van der Waals surface area contributed by atoms with Crippen LogP contribution >= 0.6 is 35.3 Å². The average molecular weight is 281 g/mol. The van der Waals surface area contributed by atoms with Crippen LogP contribution in [-0.4, -0.2) is 15.0 Å². The molecule has 17 heavy (non-hydrogen) atoms. The first-order valence-corrected chi connectivity index (χ1v) is 7.76. The van der Waals surface area contributed by atoms with E-state index in [1.54, 1.807) is 11.3 Å². The fourth-order valence-electron chi connectivity index (χ4n) is 1.87. The van der Waals surface area contributed by atoms with Crippen LogP contribution in [0.1, 0.15) is 27.8 Å². The second-order valence-corrected chi connectivity index (χ2v) is 6.41. The van der Waals surface area contributed by atoms with Crippen molar-refractivity contribution in [3.63, 3.8) is 0 Å². The molecule has 0 unspecified atom stereocenters. The van der Waals surface area contributed by atoms with E-state index in [4.69, 9.17) is 12.2 Å². The van der Waals surface area contributed by atoms with Gasteiger partial charge >= 0.3 is 0 Å². The van der Waals surface area contributed by atoms with Crippen LogP contribution in [0.15, 0.2) is 5.38 Å². The Hall–Kier alpha value is -0.720. The van der Waals surface area contributed by atoms with Gasteiger partial charge in [0.25, 0.3) is 0 Å². The van der Waals surface area contributed by atoms with Crippen LogP contribution in [0, 0.1) is 11.6 Å². The van der Waals surface area contributed by atoms with E-state index in [0.29, 0.717) is 0 Å². The molecule has 0 spiro atoms. The van der Waals surface area contributed by atoms with Crippen molar-refractivity contribution < 1.29 is 0 Å². The first-order chi connectivity index (χ1) is 8.22. The van der Waals surface area contributed by atoms with Gasteiger partial charge in [0.05, 0.1) is 10.7 Å². The predicted molar refractivity (Wildman–Crippen MR) is 74.1 cm³/mol. The monoisotopic (exact) mass is 281 g/mol. The summed E-state index contributed by atoms with van der Waals surface area (Å²) in [6.07, 6.45) is 0.742. The number of aromatic nitrogens is 3. The molecule has 2 aromatic heterocycles. The van der Waals surface area contributed by atoms with Gasteiger partial charge in [0, 0.05) is 34.6 Å². The third-order valence-corrected chi connectivity index (χ3v) is 4.81. The summed E-state index contributed by atoms with van der Waals surface area (Å²) in [4.78, 5) is 12.3. The maximum Gasteiger partial charge on any atom is 0.134 e. The minimum Gasteiger partial charge on any atom is -0.346 e. The zero-order valence-corrected chi connectivity index (χ0v) is 11.8. The summed E-state index contributed by atoms with van der Waals surface area (Å²) in [5, 5.41) is 3.17. The van der Waals surface area contributed by atoms with E-state index in [0.717, 1.165) is 39.1 Å². The Balaban J connectivity index is 1.94. The van der Waals surface area contributed by atoms with E-state index < -0.39 is 0 Å². The lowest BCUT2D eigenvalue weighted by molar-refractivity contribution is 0.901. The van der Waals surface area contributed by atoms with E-state index in [2.05, 4.69) is 20.3 Å². The SMILES string of the molecule is Cc1nc(Cc2nc(=S)c3c([nH]2)CSC3)cs1. The highest BCUT2D eigenvalue weighted by Gasteiger charge is 2.15. The van der Waals surface area contributed by atoms with Crippen LogP contribution in [0.4, 0.5) is 0 Å². The Labute approximate surface area is 113 Å². The summed E-state index contributed by atoms with van der Waals surface area (Å²) in [6, 6.07) is 0. The normalized spacial score (nSPS) is 13.9. The fraction of sp³-hybridized carbons (Fsp3) is 0.364. The highest BCUT2D eigenvalue weighted by atomic mass is 32.2. The van der Waals surface area contributed by atoms with Gasteiger partial charge < -0.3 is 4.98 Å². The zero-order valence-electron chi connectivity index (χ0n) is 9.32. The fourth-order valence-corrected chi connectivity index (χ4v) is 3.95. The number of H-pyrrole nitrogens is 1. The molecular formula is C11H11N3S3. The number of nitrogens with zero attached hydrogens (tertiary/aromatic N) is 2. The minimum absolute atomic E-state index is 0.742. The van der Waals surface area contributed by atoms with Crippen molar-refractivity contribution in [2.24, 2.45) is 0 Å². The van der Waals surface area contributed by atoms with Crippen molar-refractivity contribution in [3.05, 3.63) is 37.8 Å². The maximum atomic E-state index is 5.33. The smallest absolute Gasteiger partial charge is 0.134 e. The van der Waals surface area contributed by atoms with Gasteiger partial charge in [-0.3, -0.25) is 0 Å². The van der Waals surface area contributed by atoms with Crippen LogP contribution in [0.5, 0.6) is 0 Å². The molecule has 0 aromatic carbocycles. The Morgan fingerprint density at radius 3 is 3.06 bits per heavy atom. The lowest BCUT2D eigenvalue weighted by Crippen LogP contribution is -2.02. The van der Waals surface area contributed by atoms with Gasteiger partial charge in [-0.1, -0.05) is 12.2 Å². The molecule has 0 aliphatic carbocycles. The van der Waals surface area contributed by atoms with E-state index in [-0.39, 0.29) is 0 Å². The molecule has 0 bridgehead atoms. The van der Waals surface area contributed by atoms with Crippen molar-refractivity contribution in [2.75, 3.05) is 0 Å². The summed E-state index contributed by atoms with van der Waals surface area (Å²) in [5.41, 5.74) is 3.52. The summed E-state index contributed by atoms with van der Waals surface area (Å²) < 4.78 is 0.755. The van der Waals surface area contributed by atoms with Gasteiger partial charge in [-0.25, -0.2) is 9.97 Å². The van der Waals surface area contributed by atoms with Crippen molar-refractivity contribution in [3.8, 4) is 0 Å². The Bertz CT molecular complexity index is 615. The van der Waals surface area contributed by atoms with E-state index in [9.17, 15) is 0 Å². The molecular weight excluding hydrogens is 270 g/mol. The van der Waals surface area contributed by atoms with Gasteiger partial charge in [0.1, 0.15) is 10.5 Å². The molecule has 0 atom stereocenters. The molecule has 0 radical (unpaired) electrons. The number of rotatable bonds is 2. The molecule has 3 rings (SSSR count). The Morgan fingerprint density at radius 2 is 2.29 bits per heavy atom. The van der Waals surface area contributed by atoms with Crippen molar-refractivity contribution in [1.82, 2.24) is 15.0 Å². The molecule has 2 aromatic rings. The summed E-state index contributed by atoms with van der Waals surface area (Å²) in [7, 11) is 0. The largest absolute Gasteiger partial charge is 0.346 e. The highest BCUT2D eigenvalue weighted by molar-refractivity contribution is 7.98. The van der Waals surface area contributed by atoms with Gasteiger partial charge in [0.15, 0.2) is 0 Å². The van der Waals surface area contributed by atoms with Crippen LogP contribution in [0.3, 0.4) is 0 Å². The average Bonchev–Trinajstić information content (AvgIpc) is 2.87. The summed E-state index contributed by atoms with van der Waals surface area (Å²) >= 11 is 8.88. The maximum absolute atomic E-state index is 5.33. The van der Waals surface area contributed by atoms with Crippen molar-refractivity contribution in [2.45, 2.75) is 24.9 Å². The predicted octanol–water partition coefficient (Wildman–Crippen LogP) is 3.24. The molecule has 0 saturated heterocycles. The van der Waals surface area contributed by atoms with Crippen molar-refractivity contribution >= 4 is 35.3 Å². The van der Waals surface area contributed by atoms with Crippen LogP contribution in [0.25, 0.3) is 0 Å². The molecule has 0 fully saturated rings. The quantitative estimate of drug-likeness (QED) is 0.858. The third-order valence-electron chi connectivity index (χ3n) is 2.66. The summed E-state index contributed by atoms with van der Waals surface area (Å²) in [5.74, 6) is 2.94. The lowest BCUT2D eigenvalue weighted by atomic mass is 10.2. The first kappa shape index (κ1) is 11.4. The second-order valence-electron chi connectivity index (χ2n) is 3.97. The number of thiazole rings is 1. The van der Waals surface area contributed by atoms with E-state index in [1.807, 2.05) is 18.7 Å². The van der Waals surface area contributed by atoms with Crippen LogP contribution < -0.4 is 0 Å². The molecule has 3 nitrogen and oxygen atoms in total. The highest BCUT2D eigenvalue weighted by Crippen LogP contribution is 2.28. The van der Waals surface area contributed by atoms with Crippen LogP contribution in [-0.2, 0) is 17.9 Å². The Kier molecular flexibility index (Phi) is 3.02. The number of aromatic amines is 1. The molecule has 1 N–H and O–H groups in total. The molecule has 6 heteroatoms. The molecule has 0 amide bonds.